The van der Waals surface area contributed by atoms with Crippen molar-refractivity contribution in [2.24, 2.45) is 28.9 Å². The maximum atomic E-state index is 12.9. The lowest BCUT2D eigenvalue weighted by Gasteiger charge is -2.50. The SMILES string of the molecule is CN[C@@H]1[C@@H](O)[C@@H](O[C@H]2[C@H](NC(=O)C3(O)CC3N)C[C@H](N)C([C@H]3OC(CNCC(N)CO)=CC[C@H]3N)[C@@H]2O)OC[C@]1(C)O. The minimum absolute atomic E-state index is 0.0921. The summed E-state index contributed by atoms with van der Waals surface area (Å²) in [6, 6.07) is -4.08. The average Bonchev–Trinajstić information content (AvgIpc) is 3.56. The molecule has 2 saturated carbocycles. The van der Waals surface area contributed by atoms with Crippen LogP contribution in [0.5, 0.6) is 0 Å². The van der Waals surface area contributed by atoms with Gasteiger partial charge in [0.2, 0.25) is 0 Å². The van der Waals surface area contributed by atoms with Gasteiger partial charge in [0.05, 0.1) is 37.9 Å². The summed E-state index contributed by atoms with van der Waals surface area (Å²) in [6.45, 7) is 1.85. The highest BCUT2D eigenvalue weighted by Gasteiger charge is 2.59. The first-order valence-corrected chi connectivity index (χ1v) is 14.5. The third kappa shape index (κ3) is 6.91. The van der Waals surface area contributed by atoms with Gasteiger partial charge in [0.15, 0.2) is 11.9 Å². The summed E-state index contributed by atoms with van der Waals surface area (Å²) in [5.41, 5.74) is 21.4. The highest BCUT2D eigenvalue weighted by Crippen LogP contribution is 2.38. The Morgan fingerprint density at radius 2 is 1.90 bits per heavy atom. The number of likely N-dealkylation sites (N-methyl/N-ethyl adjacent to an activating group) is 1. The Bertz CT molecular complexity index is 976. The number of carbonyl (C=O) groups excluding carboxylic acids is 1. The Balaban J connectivity index is 1.54. The number of carbonyl (C=O) groups is 1. The maximum absolute atomic E-state index is 12.9. The molecule has 2 aliphatic heterocycles. The van der Waals surface area contributed by atoms with Gasteiger partial charge in [-0.15, -0.1) is 0 Å². The Morgan fingerprint density at radius 1 is 1.21 bits per heavy atom. The van der Waals surface area contributed by atoms with Crippen LogP contribution in [0, 0.1) is 5.92 Å². The highest BCUT2D eigenvalue weighted by molar-refractivity contribution is 5.89. The Kier molecular flexibility index (Phi) is 10.5. The van der Waals surface area contributed by atoms with E-state index in [4.69, 9.17) is 42.3 Å². The smallest absolute Gasteiger partial charge is 0.253 e. The lowest BCUT2D eigenvalue weighted by Crippen LogP contribution is -2.69. The second-order valence-corrected chi connectivity index (χ2v) is 12.4. The second kappa shape index (κ2) is 13.2. The van der Waals surface area contributed by atoms with Crippen LogP contribution in [0.2, 0.25) is 0 Å². The number of aliphatic hydroxyl groups is 5. The van der Waals surface area contributed by atoms with E-state index in [2.05, 4.69) is 16.0 Å². The zero-order chi connectivity index (χ0) is 31.0. The lowest BCUT2D eigenvalue weighted by atomic mass is 9.72. The summed E-state index contributed by atoms with van der Waals surface area (Å²) >= 11 is 0. The molecule has 16 heteroatoms. The molecule has 1 saturated heterocycles. The van der Waals surface area contributed by atoms with Crippen LogP contribution < -0.4 is 38.9 Å². The summed E-state index contributed by atoms with van der Waals surface area (Å²) < 4.78 is 18.1. The molecule has 0 spiro atoms. The van der Waals surface area contributed by atoms with Gasteiger partial charge in [0.1, 0.15) is 29.7 Å². The Hall–Kier alpha value is -1.51. The third-order valence-corrected chi connectivity index (χ3v) is 8.92. The van der Waals surface area contributed by atoms with Gasteiger partial charge in [-0.05, 0) is 32.9 Å². The third-order valence-electron chi connectivity index (χ3n) is 8.92. The molecule has 42 heavy (non-hydrogen) atoms. The van der Waals surface area contributed by atoms with Crippen molar-refractivity contribution in [1.82, 2.24) is 16.0 Å². The van der Waals surface area contributed by atoms with Crippen LogP contribution in [0.25, 0.3) is 0 Å². The average molecular weight is 604 g/mol. The van der Waals surface area contributed by atoms with Gasteiger partial charge >= 0.3 is 0 Å². The molecule has 1 amide bonds. The van der Waals surface area contributed by atoms with Crippen LogP contribution >= 0.6 is 0 Å². The van der Waals surface area contributed by atoms with Gasteiger partial charge in [0.25, 0.3) is 5.91 Å². The van der Waals surface area contributed by atoms with Crippen molar-refractivity contribution in [3.05, 3.63) is 11.8 Å². The van der Waals surface area contributed by atoms with Crippen molar-refractivity contribution in [3.63, 3.8) is 0 Å². The van der Waals surface area contributed by atoms with Gasteiger partial charge in [-0.1, -0.05) is 0 Å². The largest absolute Gasteiger partial charge is 0.492 e. The Morgan fingerprint density at radius 3 is 2.52 bits per heavy atom. The number of ether oxygens (including phenoxy) is 3. The first kappa shape index (κ1) is 33.4. The topological polar surface area (TPSA) is 286 Å². The van der Waals surface area contributed by atoms with Crippen LogP contribution in [-0.2, 0) is 19.0 Å². The lowest BCUT2D eigenvalue weighted by molar-refractivity contribution is -0.297. The fourth-order valence-corrected chi connectivity index (χ4v) is 6.24. The quantitative estimate of drug-likeness (QED) is 0.105. The number of rotatable bonds is 11. The maximum Gasteiger partial charge on any atom is 0.253 e. The van der Waals surface area contributed by atoms with E-state index in [0.29, 0.717) is 25.3 Å². The summed E-state index contributed by atoms with van der Waals surface area (Å²) in [5, 5.41) is 61.8. The number of nitrogens with one attached hydrogen (secondary N) is 3. The number of nitrogens with two attached hydrogens (primary N) is 4. The fraction of sp³-hybridized carbons (Fsp3) is 0.885. The van der Waals surface area contributed by atoms with Crippen molar-refractivity contribution in [1.29, 1.82) is 0 Å². The molecule has 4 aliphatic rings. The molecule has 0 aromatic heterocycles. The van der Waals surface area contributed by atoms with Crippen molar-refractivity contribution in [3.8, 4) is 0 Å². The molecule has 4 unspecified atom stereocenters. The molecule has 14 atom stereocenters. The summed E-state index contributed by atoms with van der Waals surface area (Å²) in [6.07, 6.45) is -3.35. The molecule has 0 aromatic carbocycles. The monoisotopic (exact) mass is 603 g/mol. The van der Waals surface area contributed by atoms with Gasteiger partial charge in [0, 0.05) is 43.1 Å². The normalized spacial score (nSPS) is 46.4. The predicted molar refractivity (Wildman–Crippen MR) is 149 cm³/mol. The molecule has 0 radical (unpaired) electrons. The minimum Gasteiger partial charge on any atom is -0.492 e. The van der Waals surface area contributed by atoms with Gasteiger partial charge in [-0.25, -0.2) is 0 Å². The summed E-state index contributed by atoms with van der Waals surface area (Å²) in [4.78, 5) is 12.9. The zero-order valence-corrected chi connectivity index (χ0v) is 24.1. The standard InChI is InChI=1S/C26H49N7O9/c1-25(38)10-40-23(19(36)22(25)31-2)42-21-15(33-24(37)26(39)6-16(26)30)5-14(29)17(18(21)35)20-13(28)4-3-12(41-20)8-32-7-11(27)9-34/h3,11,13-23,31-32,34-36,38-39H,4-10,27-30H2,1-2H3,(H,33,37)/t11?,13-,14+,15-,16?,17?,18+,19-,20+,21+,22-,23-,25+,26?/m1/s1. The van der Waals surface area contributed by atoms with E-state index < -0.39 is 90.0 Å². The van der Waals surface area contributed by atoms with E-state index in [-0.39, 0.29) is 26.1 Å². The second-order valence-electron chi connectivity index (χ2n) is 12.4. The molecule has 0 aromatic rings. The summed E-state index contributed by atoms with van der Waals surface area (Å²) in [5.74, 6) is -0.887. The van der Waals surface area contributed by atoms with Crippen LogP contribution in [0.15, 0.2) is 11.8 Å². The van der Waals surface area contributed by atoms with Gasteiger partial charge in [-0.2, -0.15) is 0 Å². The molecule has 2 aliphatic carbocycles. The fourth-order valence-electron chi connectivity index (χ4n) is 6.24. The van der Waals surface area contributed by atoms with E-state index in [9.17, 15) is 25.2 Å². The molecule has 16 N–H and O–H groups in total. The number of aliphatic hydroxyl groups excluding tert-OH is 3. The van der Waals surface area contributed by atoms with E-state index in [1.807, 2.05) is 6.08 Å². The zero-order valence-electron chi connectivity index (χ0n) is 24.1. The molecular formula is C26H49N7O9. The van der Waals surface area contributed by atoms with Crippen molar-refractivity contribution in [2.75, 3.05) is 33.4 Å². The molecule has 4 rings (SSSR count). The van der Waals surface area contributed by atoms with E-state index >= 15 is 0 Å². The number of hydrogen-bond donors (Lipinski definition) is 12. The van der Waals surface area contributed by atoms with Crippen molar-refractivity contribution >= 4 is 5.91 Å². The minimum atomic E-state index is -1.73. The van der Waals surface area contributed by atoms with E-state index in [1.165, 1.54) is 6.92 Å². The van der Waals surface area contributed by atoms with E-state index in [1.54, 1.807) is 7.05 Å². The van der Waals surface area contributed by atoms with Gasteiger partial charge in [-0.3, -0.25) is 4.79 Å². The van der Waals surface area contributed by atoms with Crippen molar-refractivity contribution in [2.45, 2.75) is 104 Å². The molecule has 242 valence electrons. The predicted octanol–water partition coefficient (Wildman–Crippen LogP) is -6.01. The van der Waals surface area contributed by atoms with Crippen molar-refractivity contribution < 1.29 is 44.5 Å². The summed E-state index contributed by atoms with van der Waals surface area (Å²) in [7, 11) is 1.58. The number of amides is 1. The molecule has 2 heterocycles. The Labute approximate surface area is 245 Å². The highest BCUT2D eigenvalue weighted by atomic mass is 16.7. The molecular weight excluding hydrogens is 554 g/mol. The van der Waals surface area contributed by atoms with Crippen LogP contribution in [0.1, 0.15) is 26.2 Å². The molecule has 16 nitrogen and oxygen atoms in total. The number of hydrogen-bond acceptors (Lipinski definition) is 15. The molecule has 0 bridgehead atoms. The van der Waals surface area contributed by atoms with Gasteiger partial charge < -0.3 is 78.6 Å². The van der Waals surface area contributed by atoms with E-state index in [0.717, 1.165) is 0 Å². The molecule has 3 fully saturated rings. The van der Waals surface area contributed by atoms with Crippen LogP contribution in [-0.4, -0.2) is 143 Å². The first-order valence-electron chi connectivity index (χ1n) is 14.5. The van der Waals surface area contributed by atoms with Crippen LogP contribution in [0.4, 0.5) is 0 Å². The van der Waals surface area contributed by atoms with Crippen LogP contribution in [0.3, 0.4) is 0 Å². The first-order chi connectivity index (χ1) is 19.7.